The molecular weight excluding hydrogens is 268 g/mol. The Balaban J connectivity index is 1.94. The van der Waals surface area contributed by atoms with Gasteiger partial charge >= 0.3 is 5.97 Å². The summed E-state index contributed by atoms with van der Waals surface area (Å²) >= 11 is 0. The van der Waals surface area contributed by atoms with Crippen LogP contribution in [0.3, 0.4) is 0 Å². The minimum atomic E-state index is -0.454. The molecule has 2 aromatic rings. The lowest BCUT2D eigenvalue weighted by Crippen LogP contribution is -2.24. The number of carbonyl (C=O) groups is 1. The summed E-state index contributed by atoms with van der Waals surface area (Å²) in [7, 11) is 3.36. The van der Waals surface area contributed by atoms with Gasteiger partial charge in [-0.05, 0) is 38.2 Å². The van der Waals surface area contributed by atoms with Crippen LogP contribution >= 0.6 is 0 Å². The number of aromatic nitrogens is 1. The molecule has 1 atom stereocenters. The van der Waals surface area contributed by atoms with Gasteiger partial charge in [0.05, 0.1) is 13.2 Å². The number of hydrogen-bond acceptors (Lipinski definition) is 5. The van der Waals surface area contributed by atoms with E-state index in [2.05, 4.69) is 14.6 Å². The van der Waals surface area contributed by atoms with E-state index in [9.17, 15) is 4.79 Å². The second-order valence-electron chi connectivity index (χ2n) is 4.92. The second-order valence-corrected chi connectivity index (χ2v) is 4.92. The molecule has 0 aromatic carbocycles. The number of ether oxygens (including phenoxy) is 1. The molecule has 0 aliphatic carbocycles. The Hall–Kier alpha value is -2.14. The van der Waals surface area contributed by atoms with E-state index in [-0.39, 0.29) is 11.8 Å². The van der Waals surface area contributed by atoms with E-state index in [1.54, 1.807) is 12.3 Å². The first-order valence-electron chi connectivity index (χ1n) is 6.90. The number of likely N-dealkylation sites (N-methyl/N-ethyl adjacent to an activating group) is 1. The topological polar surface area (TPSA) is 55.6 Å². The van der Waals surface area contributed by atoms with Crippen LogP contribution in [0.15, 0.2) is 40.9 Å². The van der Waals surface area contributed by atoms with Crippen LogP contribution in [0.5, 0.6) is 0 Å². The number of hydrogen-bond donors (Lipinski definition) is 0. The van der Waals surface area contributed by atoms with Crippen LogP contribution in [0.1, 0.15) is 35.0 Å². The SMILES string of the molecule is COC(=O)c1ccc(C(C)N(C)CCc2ccccn2)o1. The fourth-order valence-electron chi connectivity index (χ4n) is 2.04. The number of nitrogens with zero attached hydrogens (tertiary/aromatic N) is 2. The summed E-state index contributed by atoms with van der Waals surface area (Å²) in [6, 6.07) is 9.44. The highest BCUT2D eigenvalue weighted by Gasteiger charge is 2.18. The maximum Gasteiger partial charge on any atom is 0.373 e. The Labute approximate surface area is 124 Å². The molecule has 112 valence electrons. The number of methoxy groups -OCH3 is 1. The fourth-order valence-corrected chi connectivity index (χ4v) is 2.04. The van der Waals surface area contributed by atoms with E-state index in [0.29, 0.717) is 0 Å². The molecule has 0 radical (unpaired) electrons. The van der Waals surface area contributed by atoms with Gasteiger partial charge in [0, 0.05) is 24.9 Å². The summed E-state index contributed by atoms with van der Waals surface area (Å²) in [6.45, 7) is 2.89. The van der Waals surface area contributed by atoms with Crippen molar-refractivity contribution in [1.29, 1.82) is 0 Å². The van der Waals surface area contributed by atoms with Gasteiger partial charge in [0.1, 0.15) is 5.76 Å². The van der Waals surface area contributed by atoms with E-state index < -0.39 is 5.97 Å². The van der Waals surface area contributed by atoms with Gasteiger partial charge in [-0.25, -0.2) is 4.79 Å². The third kappa shape index (κ3) is 3.92. The van der Waals surface area contributed by atoms with Crippen molar-refractivity contribution in [2.24, 2.45) is 0 Å². The van der Waals surface area contributed by atoms with Crippen molar-refractivity contribution in [3.05, 3.63) is 53.7 Å². The average molecular weight is 288 g/mol. The third-order valence-corrected chi connectivity index (χ3v) is 3.53. The molecule has 0 aliphatic heterocycles. The summed E-state index contributed by atoms with van der Waals surface area (Å²) in [5.41, 5.74) is 1.06. The van der Waals surface area contributed by atoms with Crippen molar-refractivity contribution < 1.29 is 13.9 Å². The predicted molar refractivity (Wildman–Crippen MR) is 79.0 cm³/mol. The Kier molecular flexibility index (Phi) is 5.11. The van der Waals surface area contributed by atoms with Gasteiger partial charge in [0.25, 0.3) is 0 Å². The van der Waals surface area contributed by atoms with Gasteiger partial charge < -0.3 is 9.15 Å². The number of carbonyl (C=O) groups excluding carboxylic acids is 1. The van der Waals surface area contributed by atoms with Crippen LogP contribution in [0.25, 0.3) is 0 Å². The highest BCUT2D eigenvalue weighted by atomic mass is 16.5. The zero-order chi connectivity index (χ0) is 15.2. The van der Waals surface area contributed by atoms with E-state index in [4.69, 9.17) is 4.42 Å². The first kappa shape index (κ1) is 15.3. The maximum atomic E-state index is 11.4. The lowest BCUT2D eigenvalue weighted by molar-refractivity contribution is 0.0560. The molecule has 0 spiro atoms. The molecule has 0 fully saturated rings. The van der Waals surface area contributed by atoms with Gasteiger partial charge in [0.15, 0.2) is 0 Å². The van der Waals surface area contributed by atoms with Gasteiger partial charge in [-0.15, -0.1) is 0 Å². The van der Waals surface area contributed by atoms with Crippen LogP contribution in [0, 0.1) is 0 Å². The molecule has 5 nitrogen and oxygen atoms in total. The van der Waals surface area contributed by atoms with Crippen molar-refractivity contribution in [3.8, 4) is 0 Å². The van der Waals surface area contributed by atoms with E-state index >= 15 is 0 Å². The minimum Gasteiger partial charge on any atom is -0.463 e. The van der Waals surface area contributed by atoms with E-state index in [0.717, 1.165) is 24.4 Å². The van der Waals surface area contributed by atoms with E-state index in [1.807, 2.05) is 38.2 Å². The van der Waals surface area contributed by atoms with Gasteiger partial charge in [0.2, 0.25) is 5.76 Å². The standard InChI is InChI=1S/C16H20N2O3/c1-12(14-7-8-15(21-14)16(19)20-3)18(2)11-9-13-6-4-5-10-17-13/h4-8,10,12H,9,11H2,1-3H3. The summed E-state index contributed by atoms with van der Waals surface area (Å²) in [4.78, 5) is 17.9. The van der Waals surface area contributed by atoms with Crippen molar-refractivity contribution in [1.82, 2.24) is 9.88 Å². The number of rotatable bonds is 6. The van der Waals surface area contributed by atoms with E-state index in [1.165, 1.54) is 7.11 Å². The quantitative estimate of drug-likeness (QED) is 0.765. The Morgan fingerprint density at radius 2 is 2.19 bits per heavy atom. The van der Waals surface area contributed by atoms with Gasteiger partial charge in [-0.3, -0.25) is 9.88 Å². The zero-order valence-corrected chi connectivity index (χ0v) is 12.6. The number of pyridine rings is 1. The summed E-state index contributed by atoms with van der Waals surface area (Å²) in [5.74, 6) is 0.529. The monoisotopic (exact) mass is 288 g/mol. The molecule has 0 N–H and O–H groups in total. The highest BCUT2D eigenvalue weighted by Crippen LogP contribution is 2.21. The fraction of sp³-hybridized carbons (Fsp3) is 0.375. The largest absolute Gasteiger partial charge is 0.463 e. The van der Waals surface area contributed by atoms with Crippen LogP contribution in [0.2, 0.25) is 0 Å². The first-order chi connectivity index (χ1) is 10.1. The van der Waals surface area contributed by atoms with Gasteiger partial charge in [-0.2, -0.15) is 0 Å². The lowest BCUT2D eigenvalue weighted by Gasteiger charge is -2.22. The molecule has 5 heteroatoms. The smallest absolute Gasteiger partial charge is 0.373 e. The van der Waals surface area contributed by atoms with Crippen molar-refractivity contribution >= 4 is 5.97 Å². The third-order valence-electron chi connectivity index (χ3n) is 3.53. The summed E-state index contributed by atoms with van der Waals surface area (Å²) in [5, 5.41) is 0. The number of furan rings is 1. The number of esters is 1. The zero-order valence-electron chi connectivity index (χ0n) is 12.6. The van der Waals surface area contributed by atoms with Crippen LogP contribution < -0.4 is 0 Å². The van der Waals surface area contributed by atoms with Crippen molar-refractivity contribution in [2.75, 3.05) is 20.7 Å². The molecule has 1 unspecified atom stereocenters. The Morgan fingerprint density at radius 3 is 2.86 bits per heavy atom. The normalized spacial score (nSPS) is 12.4. The average Bonchev–Trinajstić information content (AvgIpc) is 3.02. The molecule has 0 aliphatic rings. The van der Waals surface area contributed by atoms with Crippen LogP contribution in [-0.2, 0) is 11.2 Å². The maximum absolute atomic E-state index is 11.4. The molecular formula is C16H20N2O3. The van der Waals surface area contributed by atoms with Gasteiger partial charge in [-0.1, -0.05) is 6.07 Å². The molecule has 0 saturated heterocycles. The molecule has 21 heavy (non-hydrogen) atoms. The van der Waals surface area contributed by atoms with Crippen LogP contribution in [0.4, 0.5) is 0 Å². The second kappa shape index (κ2) is 7.04. The molecule has 0 saturated carbocycles. The lowest BCUT2D eigenvalue weighted by atomic mass is 10.2. The van der Waals surface area contributed by atoms with Crippen molar-refractivity contribution in [3.63, 3.8) is 0 Å². The highest BCUT2D eigenvalue weighted by molar-refractivity contribution is 5.86. The summed E-state index contributed by atoms with van der Waals surface area (Å²) < 4.78 is 10.2. The molecule has 2 heterocycles. The first-order valence-corrected chi connectivity index (χ1v) is 6.90. The van der Waals surface area contributed by atoms with Crippen molar-refractivity contribution in [2.45, 2.75) is 19.4 Å². The van der Waals surface area contributed by atoms with Crippen LogP contribution in [-0.4, -0.2) is 36.6 Å². The minimum absolute atomic E-state index is 0.0760. The Morgan fingerprint density at radius 1 is 1.38 bits per heavy atom. The predicted octanol–water partition coefficient (Wildman–Crippen LogP) is 2.70. The molecule has 2 aromatic heterocycles. The molecule has 0 bridgehead atoms. The Bertz CT molecular complexity index is 580. The molecule has 2 rings (SSSR count). The summed E-state index contributed by atoms with van der Waals surface area (Å²) in [6.07, 6.45) is 2.67. The molecule has 0 amide bonds.